The van der Waals surface area contributed by atoms with Crippen LogP contribution < -0.4 is 9.47 Å². The number of alkyl halides is 3. The summed E-state index contributed by atoms with van der Waals surface area (Å²) in [7, 11) is -2.86. The standard InChI is InChI=1S/C23H15F3N2O6S/c1-33-22-12-15(11-18(14-27)35(31,32)17-5-3-2-4-6-17)7-9-21(22)34-20-10-8-16(23(24,25)26)13-19(20)28(29)30/h2-13H,1H3/b18-11+. The van der Waals surface area contributed by atoms with Gasteiger partial charge in [0.05, 0.1) is 22.5 Å². The van der Waals surface area contributed by atoms with E-state index in [0.29, 0.717) is 12.1 Å². The fourth-order valence-corrected chi connectivity index (χ4v) is 4.13. The number of allylic oxidation sites excluding steroid dienone is 1. The lowest BCUT2D eigenvalue weighted by Crippen LogP contribution is -2.06. The molecule has 3 aromatic rings. The number of sulfone groups is 1. The zero-order chi connectivity index (χ0) is 25.8. The van der Waals surface area contributed by atoms with Crippen molar-refractivity contribution in [2.75, 3.05) is 7.11 Å². The molecule has 0 fully saturated rings. The average Bonchev–Trinajstić information content (AvgIpc) is 2.83. The molecule has 0 heterocycles. The molecule has 0 radical (unpaired) electrons. The van der Waals surface area contributed by atoms with Crippen molar-refractivity contribution in [2.24, 2.45) is 0 Å². The molecule has 0 atom stereocenters. The SMILES string of the molecule is COc1cc(/C=C(\C#N)S(=O)(=O)c2ccccc2)ccc1Oc1ccc(C(F)(F)F)cc1[N+](=O)[O-]. The van der Waals surface area contributed by atoms with Gasteiger partial charge in [0.25, 0.3) is 0 Å². The van der Waals surface area contributed by atoms with E-state index >= 15 is 0 Å². The number of nitro groups is 1. The van der Waals surface area contributed by atoms with Gasteiger partial charge in [0, 0.05) is 6.07 Å². The predicted octanol–water partition coefficient (Wildman–Crippen LogP) is 5.75. The number of rotatable bonds is 7. The summed E-state index contributed by atoms with van der Waals surface area (Å²) in [6.45, 7) is 0. The summed E-state index contributed by atoms with van der Waals surface area (Å²) in [5, 5.41) is 20.7. The molecule has 0 spiro atoms. The van der Waals surface area contributed by atoms with Gasteiger partial charge < -0.3 is 9.47 Å². The Labute approximate surface area is 197 Å². The van der Waals surface area contributed by atoms with Gasteiger partial charge in [-0.05, 0) is 48.0 Å². The molecule has 0 aliphatic rings. The minimum atomic E-state index is -4.78. The number of methoxy groups -OCH3 is 1. The summed E-state index contributed by atoms with van der Waals surface area (Å²) in [6.07, 6.45) is -3.68. The first-order valence-electron chi connectivity index (χ1n) is 9.61. The Hall–Kier alpha value is -4.37. The van der Waals surface area contributed by atoms with Crippen molar-refractivity contribution in [3.63, 3.8) is 0 Å². The highest BCUT2D eigenvalue weighted by Crippen LogP contribution is 2.40. The summed E-state index contributed by atoms with van der Waals surface area (Å²) in [5.74, 6) is -0.562. The van der Waals surface area contributed by atoms with Crippen molar-refractivity contribution < 1.29 is 36.0 Å². The van der Waals surface area contributed by atoms with Gasteiger partial charge in [-0.3, -0.25) is 10.1 Å². The van der Waals surface area contributed by atoms with Gasteiger partial charge in [-0.25, -0.2) is 8.42 Å². The molecule has 0 saturated carbocycles. The second-order valence-corrected chi connectivity index (χ2v) is 8.80. The van der Waals surface area contributed by atoms with Crippen molar-refractivity contribution >= 4 is 21.6 Å². The van der Waals surface area contributed by atoms with E-state index < -0.39 is 42.8 Å². The molecule has 0 N–H and O–H groups in total. The topological polar surface area (TPSA) is 120 Å². The molecule has 0 aliphatic carbocycles. The van der Waals surface area contributed by atoms with E-state index in [0.717, 1.165) is 12.1 Å². The van der Waals surface area contributed by atoms with Crippen molar-refractivity contribution in [1.82, 2.24) is 0 Å². The minimum absolute atomic E-state index is 0.0117. The highest BCUT2D eigenvalue weighted by atomic mass is 32.2. The van der Waals surface area contributed by atoms with Crippen LogP contribution in [0.25, 0.3) is 6.08 Å². The van der Waals surface area contributed by atoms with Crippen LogP contribution in [-0.4, -0.2) is 20.5 Å². The number of ether oxygens (including phenoxy) is 2. The third kappa shape index (κ3) is 5.59. The van der Waals surface area contributed by atoms with E-state index in [1.807, 2.05) is 0 Å². The maximum absolute atomic E-state index is 12.9. The van der Waals surface area contributed by atoms with Crippen LogP contribution in [0.15, 0.2) is 76.5 Å². The van der Waals surface area contributed by atoms with Crippen molar-refractivity contribution in [1.29, 1.82) is 5.26 Å². The third-order valence-corrected chi connectivity index (χ3v) is 6.32. The van der Waals surface area contributed by atoms with Crippen molar-refractivity contribution in [3.8, 4) is 23.3 Å². The van der Waals surface area contributed by atoms with Crippen molar-refractivity contribution in [2.45, 2.75) is 11.1 Å². The van der Waals surface area contributed by atoms with E-state index in [9.17, 15) is 37.0 Å². The Morgan fingerprint density at radius 3 is 2.26 bits per heavy atom. The van der Waals surface area contributed by atoms with Gasteiger partial charge in [-0.1, -0.05) is 24.3 Å². The monoisotopic (exact) mass is 504 g/mol. The lowest BCUT2D eigenvalue weighted by Gasteiger charge is -2.13. The van der Waals surface area contributed by atoms with Crippen LogP contribution in [-0.2, 0) is 16.0 Å². The molecule has 0 aliphatic heterocycles. The molecule has 0 amide bonds. The van der Waals surface area contributed by atoms with Gasteiger partial charge in [0.15, 0.2) is 11.5 Å². The molecule has 0 bridgehead atoms. The molecule has 12 heteroatoms. The maximum atomic E-state index is 12.9. The molecule has 0 saturated heterocycles. The molecular formula is C23H15F3N2O6S. The first-order chi connectivity index (χ1) is 16.5. The Balaban J connectivity index is 1.99. The number of hydrogen-bond acceptors (Lipinski definition) is 7. The zero-order valence-corrected chi connectivity index (χ0v) is 18.6. The summed E-state index contributed by atoms with van der Waals surface area (Å²) >= 11 is 0. The van der Waals surface area contributed by atoms with Gasteiger partial charge in [-0.15, -0.1) is 0 Å². The number of benzene rings is 3. The Morgan fingerprint density at radius 2 is 1.69 bits per heavy atom. The maximum Gasteiger partial charge on any atom is 0.416 e. The highest BCUT2D eigenvalue weighted by molar-refractivity contribution is 7.95. The highest BCUT2D eigenvalue weighted by Gasteiger charge is 2.33. The largest absolute Gasteiger partial charge is 0.493 e. The van der Waals surface area contributed by atoms with Gasteiger partial charge in [-0.2, -0.15) is 18.4 Å². The normalized spacial score (nSPS) is 12.0. The van der Waals surface area contributed by atoms with Crippen LogP contribution >= 0.6 is 0 Å². The van der Waals surface area contributed by atoms with Gasteiger partial charge in [0.2, 0.25) is 15.6 Å². The quantitative estimate of drug-likeness (QED) is 0.228. The minimum Gasteiger partial charge on any atom is -0.493 e. The summed E-state index contributed by atoms with van der Waals surface area (Å²) in [4.78, 5) is 9.67. The van der Waals surface area contributed by atoms with Crippen LogP contribution in [0.3, 0.4) is 0 Å². The molecular weight excluding hydrogens is 489 g/mol. The van der Waals surface area contributed by atoms with Crippen LogP contribution in [0.2, 0.25) is 0 Å². The van der Waals surface area contributed by atoms with Crippen LogP contribution in [0, 0.1) is 21.4 Å². The van der Waals surface area contributed by atoms with Crippen molar-refractivity contribution in [3.05, 3.63) is 92.9 Å². The van der Waals surface area contributed by atoms with Gasteiger partial charge in [0.1, 0.15) is 11.0 Å². The molecule has 180 valence electrons. The lowest BCUT2D eigenvalue weighted by atomic mass is 10.1. The number of hydrogen-bond donors (Lipinski definition) is 0. The molecule has 35 heavy (non-hydrogen) atoms. The van der Waals surface area contributed by atoms with Crippen LogP contribution in [0.1, 0.15) is 11.1 Å². The van der Waals surface area contributed by atoms with Crippen LogP contribution in [0.4, 0.5) is 18.9 Å². The van der Waals surface area contributed by atoms with E-state index in [2.05, 4.69) is 0 Å². The summed E-state index contributed by atoms with van der Waals surface area (Å²) in [5.41, 5.74) is -1.90. The Morgan fingerprint density at radius 1 is 1.03 bits per heavy atom. The van der Waals surface area contributed by atoms with E-state index in [4.69, 9.17) is 9.47 Å². The number of nitriles is 1. The van der Waals surface area contributed by atoms with E-state index in [1.54, 1.807) is 12.1 Å². The molecule has 0 unspecified atom stereocenters. The first-order valence-corrected chi connectivity index (χ1v) is 11.1. The molecule has 8 nitrogen and oxygen atoms in total. The average molecular weight is 504 g/mol. The lowest BCUT2D eigenvalue weighted by molar-refractivity contribution is -0.385. The zero-order valence-electron chi connectivity index (χ0n) is 17.8. The fraction of sp³-hybridized carbons (Fsp3) is 0.0870. The Kier molecular flexibility index (Phi) is 7.12. The van der Waals surface area contributed by atoms with E-state index in [1.165, 1.54) is 49.6 Å². The second kappa shape index (κ2) is 9.86. The number of halogens is 3. The number of nitrogens with zero attached hydrogens (tertiary/aromatic N) is 2. The Bertz CT molecular complexity index is 1450. The smallest absolute Gasteiger partial charge is 0.416 e. The second-order valence-electron chi connectivity index (χ2n) is 6.89. The number of nitro benzene ring substituents is 1. The molecule has 0 aromatic heterocycles. The molecule has 3 aromatic carbocycles. The predicted molar refractivity (Wildman–Crippen MR) is 118 cm³/mol. The third-order valence-electron chi connectivity index (χ3n) is 4.64. The van der Waals surface area contributed by atoms with Gasteiger partial charge >= 0.3 is 11.9 Å². The summed E-state index contributed by atoms with van der Waals surface area (Å²) in [6, 6.07) is 14.7. The molecule has 3 rings (SSSR count). The van der Waals surface area contributed by atoms with Crippen LogP contribution in [0.5, 0.6) is 17.2 Å². The van der Waals surface area contributed by atoms with E-state index in [-0.39, 0.29) is 22.0 Å². The first kappa shape index (κ1) is 25.3. The fourth-order valence-electron chi connectivity index (χ4n) is 2.95. The summed E-state index contributed by atoms with van der Waals surface area (Å²) < 4.78 is 74.9.